The molecule has 0 amide bonds. The third kappa shape index (κ3) is 5.28. The molecule has 1 aromatic heterocycles. The summed E-state index contributed by atoms with van der Waals surface area (Å²) in [7, 11) is 0. The van der Waals surface area contributed by atoms with Gasteiger partial charge in [0.15, 0.2) is 16.1 Å². The molecule has 8 heteroatoms. The monoisotopic (exact) mass is 507 g/mol. The molecule has 0 spiro atoms. The quantitative estimate of drug-likeness (QED) is 0.148. The van der Waals surface area contributed by atoms with E-state index in [4.69, 9.17) is 22.9 Å². The number of rotatable bonds is 4. The minimum absolute atomic E-state index is 0.364. The van der Waals surface area contributed by atoms with Gasteiger partial charge in [-0.1, -0.05) is 58.4 Å². The molecule has 0 aliphatic carbocycles. The molecule has 0 aliphatic rings. The average molecular weight is 508 g/mol. The fraction of sp³-hybridized carbons (Fsp3) is 0.0435. The minimum atomic E-state index is 0.364. The van der Waals surface area contributed by atoms with Gasteiger partial charge in [-0.25, -0.2) is 9.98 Å². The van der Waals surface area contributed by atoms with Gasteiger partial charge >= 0.3 is 0 Å². The highest BCUT2D eigenvalue weighted by atomic mass is 79.9. The van der Waals surface area contributed by atoms with Crippen LogP contribution in [0.3, 0.4) is 0 Å². The molecular formula is C23H18BrN5S2. The van der Waals surface area contributed by atoms with Crippen molar-refractivity contribution < 1.29 is 0 Å². The fourth-order valence-electron chi connectivity index (χ4n) is 2.92. The Bertz CT molecular complexity index is 1300. The second-order valence-corrected chi connectivity index (χ2v) is 8.95. The zero-order valence-electron chi connectivity index (χ0n) is 16.6. The highest BCUT2D eigenvalue weighted by Gasteiger charge is 2.14. The van der Waals surface area contributed by atoms with E-state index in [2.05, 4.69) is 25.9 Å². The van der Waals surface area contributed by atoms with Gasteiger partial charge in [-0.3, -0.25) is 4.57 Å². The first-order chi connectivity index (χ1) is 15.0. The van der Waals surface area contributed by atoms with Crippen LogP contribution in [0.1, 0.15) is 5.56 Å². The molecule has 0 saturated heterocycles. The Balaban J connectivity index is 1.82. The summed E-state index contributed by atoms with van der Waals surface area (Å²) < 4.78 is 3.17. The molecule has 1 heterocycles. The molecule has 4 rings (SSSR count). The third-order valence-electron chi connectivity index (χ3n) is 4.34. The molecule has 31 heavy (non-hydrogen) atoms. The number of nitrogens with zero attached hydrogens (tertiary/aromatic N) is 4. The van der Waals surface area contributed by atoms with Gasteiger partial charge in [0, 0.05) is 10.0 Å². The van der Waals surface area contributed by atoms with E-state index in [1.807, 2.05) is 85.8 Å². The van der Waals surface area contributed by atoms with E-state index in [-0.39, 0.29) is 0 Å². The van der Waals surface area contributed by atoms with Crippen LogP contribution in [0.2, 0.25) is 0 Å². The predicted octanol–water partition coefficient (Wildman–Crippen LogP) is 6.47. The second-order valence-electron chi connectivity index (χ2n) is 6.68. The lowest BCUT2D eigenvalue weighted by molar-refractivity contribution is 0.777. The summed E-state index contributed by atoms with van der Waals surface area (Å²) in [5.74, 6) is 0.546. The van der Waals surface area contributed by atoms with Gasteiger partial charge in [0.25, 0.3) is 0 Å². The molecule has 5 nitrogen and oxygen atoms in total. The summed E-state index contributed by atoms with van der Waals surface area (Å²) in [5, 5.41) is 0.957. The Hall–Kier alpha value is -2.81. The summed E-state index contributed by atoms with van der Waals surface area (Å²) in [4.78, 5) is 13.9. The number of thioether (sulfide) groups is 1. The fourth-order valence-corrected chi connectivity index (χ4v) is 4.28. The first kappa shape index (κ1) is 21.4. The summed E-state index contributed by atoms with van der Waals surface area (Å²) in [6.45, 7) is 2.02. The van der Waals surface area contributed by atoms with Crippen molar-refractivity contribution in [2.75, 3.05) is 0 Å². The maximum absolute atomic E-state index is 6.30. The normalized spacial score (nSPS) is 11.5. The van der Waals surface area contributed by atoms with Crippen molar-refractivity contribution >= 4 is 50.8 Å². The summed E-state index contributed by atoms with van der Waals surface area (Å²) in [5.41, 5.74) is 9.93. The number of benzene rings is 3. The zero-order valence-corrected chi connectivity index (χ0v) is 19.8. The highest BCUT2D eigenvalue weighted by molar-refractivity contribution is 9.10. The molecule has 0 unspecified atom stereocenters. The van der Waals surface area contributed by atoms with Gasteiger partial charge in [0.05, 0.1) is 11.4 Å². The molecule has 0 atom stereocenters. The molecule has 154 valence electrons. The maximum Gasteiger partial charge on any atom is 0.208 e. The number of aryl methyl sites for hydroxylation is 1. The summed E-state index contributed by atoms with van der Waals surface area (Å²) in [6, 6.07) is 25.4. The molecule has 4 aromatic rings. The molecule has 0 radical (unpaired) electrons. The number of nitrogens with two attached hydrogens (primary N) is 1. The lowest BCUT2D eigenvalue weighted by atomic mass is 10.2. The van der Waals surface area contributed by atoms with Gasteiger partial charge < -0.3 is 5.73 Å². The molecule has 0 saturated carbocycles. The third-order valence-corrected chi connectivity index (χ3v) is 5.90. The highest BCUT2D eigenvalue weighted by Crippen LogP contribution is 2.26. The molecular weight excluding hydrogens is 490 g/mol. The second kappa shape index (κ2) is 9.55. The summed E-state index contributed by atoms with van der Waals surface area (Å²) >= 11 is 10.4. The van der Waals surface area contributed by atoms with Crippen molar-refractivity contribution in [1.82, 2.24) is 14.5 Å². The van der Waals surface area contributed by atoms with E-state index in [0.29, 0.717) is 20.9 Å². The number of hydrogen-bond acceptors (Lipinski definition) is 5. The Morgan fingerprint density at radius 1 is 1.00 bits per heavy atom. The number of amidine groups is 1. The van der Waals surface area contributed by atoms with Crippen LogP contribution in [0, 0.1) is 11.7 Å². The van der Waals surface area contributed by atoms with Crippen LogP contribution in [0.5, 0.6) is 0 Å². The van der Waals surface area contributed by atoms with E-state index < -0.39 is 0 Å². The first-order valence-corrected chi connectivity index (χ1v) is 11.4. The standard InChI is InChI=1S/C23H18BrN5S2/c1-15-6-5-9-18(14-15)26-21(25)31-23-28-20(16-7-3-2-4-8-16)27-22(30)29(23)19-12-10-17(24)11-13-19/h2-14H,1H3,(H2,25,26). The number of halogens is 1. The minimum Gasteiger partial charge on any atom is -0.378 e. The lowest BCUT2D eigenvalue weighted by Crippen LogP contribution is -2.12. The zero-order chi connectivity index (χ0) is 21.8. The molecule has 0 fully saturated rings. The molecule has 0 bridgehead atoms. The Kier molecular flexibility index (Phi) is 6.60. The SMILES string of the molecule is Cc1cccc(N=C(N)Sc2nc(-c3ccccc3)nc(=S)n2-c2ccc(Br)cc2)c1. The van der Waals surface area contributed by atoms with E-state index in [9.17, 15) is 0 Å². The Morgan fingerprint density at radius 3 is 2.45 bits per heavy atom. The van der Waals surface area contributed by atoms with E-state index in [1.54, 1.807) is 4.57 Å². The van der Waals surface area contributed by atoms with Crippen LogP contribution in [0.4, 0.5) is 5.69 Å². The Labute approximate surface area is 198 Å². The van der Waals surface area contributed by atoms with Crippen LogP contribution < -0.4 is 5.73 Å². The van der Waals surface area contributed by atoms with E-state index >= 15 is 0 Å². The van der Waals surface area contributed by atoms with Crippen LogP contribution in [0.15, 0.2) is 93.5 Å². The van der Waals surface area contributed by atoms with Gasteiger partial charge in [-0.15, -0.1) is 0 Å². The van der Waals surface area contributed by atoms with Crippen molar-refractivity contribution in [2.45, 2.75) is 12.1 Å². The van der Waals surface area contributed by atoms with Gasteiger partial charge in [-0.2, -0.15) is 4.98 Å². The van der Waals surface area contributed by atoms with Crippen molar-refractivity contribution in [1.29, 1.82) is 0 Å². The van der Waals surface area contributed by atoms with E-state index in [1.165, 1.54) is 11.8 Å². The van der Waals surface area contributed by atoms with Crippen molar-refractivity contribution in [2.24, 2.45) is 10.7 Å². The average Bonchev–Trinajstić information content (AvgIpc) is 2.75. The van der Waals surface area contributed by atoms with Gasteiger partial charge in [0.2, 0.25) is 4.77 Å². The van der Waals surface area contributed by atoms with Gasteiger partial charge in [-0.05, 0) is 72.9 Å². The van der Waals surface area contributed by atoms with Crippen LogP contribution in [0.25, 0.3) is 17.1 Å². The van der Waals surface area contributed by atoms with E-state index in [0.717, 1.165) is 27.0 Å². The number of aliphatic imine (C=N–C) groups is 1. The van der Waals surface area contributed by atoms with Crippen LogP contribution in [-0.2, 0) is 0 Å². The number of hydrogen-bond donors (Lipinski definition) is 1. The Morgan fingerprint density at radius 2 is 1.74 bits per heavy atom. The first-order valence-electron chi connectivity index (χ1n) is 9.41. The maximum atomic E-state index is 6.30. The summed E-state index contributed by atoms with van der Waals surface area (Å²) in [6.07, 6.45) is 0. The molecule has 2 N–H and O–H groups in total. The van der Waals surface area contributed by atoms with Gasteiger partial charge in [0.1, 0.15) is 0 Å². The topological polar surface area (TPSA) is 69.1 Å². The smallest absolute Gasteiger partial charge is 0.208 e. The molecule has 0 aliphatic heterocycles. The van der Waals surface area contributed by atoms with Crippen LogP contribution >= 0.6 is 39.9 Å². The van der Waals surface area contributed by atoms with Crippen molar-refractivity contribution in [3.8, 4) is 17.1 Å². The van der Waals surface area contributed by atoms with Crippen molar-refractivity contribution in [3.05, 3.63) is 93.7 Å². The predicted molar refractivity (Wildman–Crippen MR) is 134 cm³/mol. The lowest BCUT2D eigenvalue weighted by Gasteiger charge is -2.14. The van der Waals surface area contributed by atoms with Crippen molar-refractivity contribution in [3.63, 3.8) is 0 Å². The largest absolute Gasteiger partial charge is 0.378 e. The number of aromatic nitrogens is 3. The molecule has 3 aromatic carbocycles. The van der Waals surface area contributed by atoms with Crippen LogP contribution in [-0.4, -0.2) is 19.7 Å².